The Balaban J connectivity index is 2.00. The summed E-state index contributed by atoms with van der Waals surface area (Å²) in [6.45, 7) is 0.622. The summed E-state index contributed by atoms with van der Waals surface area (Å²) < 4.78 is 13.0. The van der Waals surface area contributed by atoms with Crippen molar-refractivity contribution in [1.82, 2.24) is 4.90 Å². The molecule has 0 fully saturated rings. The van der Waals surface area contributed by atoms with Gasteiger partial charge in [-0.25, -0.2) is 4.39 Å². The number of nitrogens with zero attached hydrogens (tertiary/aromatic N) is 1. The van der Waals surface area contributed by atoms with Gasteiger partial charge in [-0.1, -0.05) is 6.07 Å². The van der Waals surface area contributed by atoms with Gasteiger partial charge in [0.2, 0.25) is 0 Å². The van der Waals surface area contributed by atoms with Gasteiger partial charge >= 0.3 is 0 Å². The van der Waals surface area contributed by atoms with Gasteiger partial charge in [0.15, 0.2) is 0 Å². The fourth-order valence-electron chi connectivity index (χ4n) is 1.73. The Hall–Kier alpha value is -1.88. The van der Waals surface area contributed by atoms with Crippen LogP contribution in [0, 0.1) is 5.82 Å². The topological polar surface area (TPSA) is 46.3 Å². The van der Waals surface area contributed by atoms with E-state index in [0.717, 1.165) is 6.42 Å². The lowest BCUT2D eigenvalue weighted by Crippen LogP contribution is -2.28. The molecule has 2 aromatic rings. The Bertz CT molecular complexity index is 569. The Labute approximate surface area is 115 Å². The van der Waals surface area contributed by atoms with Crippen LogP contribution < -0.4 is 5.73 Å². The number of nitrogen functional groups attached to an aromatic ring is 1. The van der Waals surface area contributed by atoms with Crippen LogP contribution in [0.3, 0.4) is 0 Å². The number of hydrogen-bond donors (Lipinski definition) is 1. The number of carbonyl (C=O) groups is 1. The summed E-state index contributed by atoms with van der Waals surface area (Å²) in [6, 6.07) is 8.08. The van der Waals surface area contributed by atoms with Gasteiger partial charge < -0.3 is 10.6 Å². The predicted molar refractivity (Wildman–Crippen MR) is 75.8 cm³/mol. The van der Waals surface area contributed by atoms with Gasteiger partial charge in [-0.05, 0) is 36.1 Å². The van der Waals surface area contributed by atoms with Crippen molar-refractivity contribution in [3.05, 3.63) is 52.0 Å². The molecule has 0 unspecified atom stereocenters. The number of amides is 1. The molecule has 0 aliphatic rings. The van der Waals surface area contributed by atoms with E-state index >= 15 is 0 Å². The maximum Gasteiger partial charge on any atom is 0.253 e. The molecule has 0 atom stereocenters. The summed E-state index contributed by atoms with van der Waals surface area (Å²) in [6.07, 6.45) is 0.816. The smallest absolute Gasteiger partial charge is 0.253 e. The number of carbonyl (C=O) groups excluding carboxylic acids is 1. The second-order valence-corrected chi connectivity index (χ2v) is 5.32. The zero-order chi connectivity index (χ0) is 13.8. The van der Waals surface area contributed by atoms with Gasteiger partial charge in [-0.3, -0.25) is 4.79 Å². The van der Waals surface area contributed by atoms with Crippen molar-refractivity contribution in [1.29, 1.82) is 0 Å². The lowest BCUT2D eigenvalue weighted by molar-refractivity contribution is 0.0797. The zero-order valence-electron chi connectivity index (χ0n) is 10.6. The fraction of sp³-hybridized carbons (Fsp3) is 0.214. The van der Waals surface area contributed by atoms with Crippen LogP contribution in [-0.2, 0) is 6.42 Å². The van der Waals surface area contributed by atoms with Crippen molar-refractivity contribution in [2.45, 2.75) is 6.42 Å². The third kappa shape index (κ3) is 3.32. The summed E-state index contributed by atoms with van der Waals surface area (Å²) >= 11 is 1.67. The standard InChI is InChI=1S/C14H15FN2OS/c1-17(7-6-11-3-2-8-19-11)14(18)10-4-5-12(15)13(16)9-10/h2-5,8-9H,6-7,16H2,1H3. The first kappa shape index (κ1) is 13.5. The molecular weight excluding hydrogens is 263 g/mol. The minimum Gasteiger partial charge on any atom is -0.396 e. The van der Waals surface area contributed by atoms with Crippen LogP contribution in [0.25, 0.3) is 0 Å². The van der Waals surface area contributed by atoms with Crippen molar-refractivity contribution in [2.75, 3.05) is 19.3 Å². The first-order valence-electron chi connectivity index (χ1n) is 5.91. The molecule has 5 heteroatoms. The van der Waals surface area contributed by atoms with Crippen LogP contribution in [0.1, 0.15) is 15.2 Å². The third-order valence-corrected chi connectivity index (χ3v) is 3.80. The highest BCUT2D eigenvalue weighted by atomic mass is 32.1. The quantitative estimate of drug-likeness (QED) is 0.874. The lowest BCUT2D eigenvalue weighted by atomic mass is 10.1. The molecule has 0 spiro atoms. The summed E-state index contributed by atoms with van der Waals surface area (Å²) in [5.41, 5.74) is 5.87. The molecular formula is C14H15FN2OS. The van der Waals surface area contributed by atoms with Gasteiger partial charge in [0.05, 0.1) is 5.69 Å². The summed E-state index contributed by atoms with van der Waals surface area (Å²) in [4.78, 5) is 15.0. The van der Waals surface area contributed by atoms with Crippen molar-refractivity contribution >= 4 is 22.9 Å². The molecule has 3 nitrogen and oxygen atoms in total. The minimum absolute atomic E-state index is 0.00231. The van der Waals surface area contributed by atoms with Crippen LogP contribution in [0.4, 0.5) is 10.1 Å². The van der Waals surface area contributed by atoms with Crippen molar-refractivity contribution in [3.8, 4) is 0 Å². The van der Waals surface area contributed by atoms with E-state index in [-0.39, 0.29) is 11.6 Å². The second-order valence-electron chi connectivity index (χ2n) is 4.29. The van der Waals surface area contributed by atoms with Gasteiger partial charge in [0, 0.05) is 24.0 Å². The minimum atomic E-state index is -0.502. The van der Waals surface area contributed by atoms with Crippen LogP contribution in [0.5, 0.6) is 0 Å². The van der Waals surface area contributed by atoms with Crippen molar-refractivity contribution < 1.29 is 9.18 Å². The second kappa shape index (κ2) is 5.84. The Morgan fingerprint density at radius 2 is 2.21 bits per heavy atom. The molecule has 0 saturated carbocycles. The van der Waals surface area contributed by atoms with Crippen LogP contribution in [-0.4, -0.2) is 24.4 Å². The lowest BCUT2D eigenvalue weighted by Gasteiger charge is -2.17. The average Bonchev–Trinajstić information content (AvgIpc) is 2.91. The summed E-state index contributed by atoms with van der Waals surface area (Å²) in [5.74, 6) is -0.652. The fourth-order valence-corrected chi connectivity index (χ4v) is 2.43. The monoisotopic (exact) mass is 278 g/mol. The number of halogens is 1. The van der Waals surface area contributed by atoms with E-state index in [4.69, 9.17) is 5.73 Å². The molecule has 19 heavy (non-hydrogen) atoms. The molecule has 0 saturated heterocycles. The summed E-state index contributed by atoms with van der Waals surface area (Å²) in [5, 5.41) is 2.01. The van der Waals surface area contributed by atoms with Crippen LogP contribution in [0.2, 0.25) is 0 Å². The van der Waals surface area contributed by atoms with Crippen LogP contribution >= 0.6 is 11.3 Å². The highest BCUT2D eigenvalue weighted by molar-refractivity contribution is 7.09. The summed E-state index contributed by atoms with van der Waals surface area (Å²) in [7, 11) is 1.73. The molecule has 100 valence electrons. The first-order valence-corrected chi connectivity index (χ1v) is 6.79. The van der Waals surface area contributed by atoms with E-state index in [1.807, 2.05) is 17.5 Å². The number of anilines is 1. The van der Waals surface area contributed by atoms with Gasteiger partial charge in [0.25, 0.3) is 5.91 Å². The Morgan fingerprint density at radius 1 is 1.42 bits per heavy atom. The number of rotatable bonds is 4. The van der Waals surface area contributed by atoms with E-state index in [1.54, 1.807) is 23.3 Å². The number of nitrogens with two attached hydrogens (primary N) is 1. The van der Waals surface area contributed by atoms with E-state index < -0.39 is 5.82 Å². The number of thiophene rings is 1. The van der Waals surface area contributed by atoms with Gasteiger partial charge in [-0.15, -0.1) is 11.3 Å². The molecule has 1 heterocycles. The number of benzene rings is 1. The van der Waals surface area contributed by atoms with E-state index in [1.165, 1.54) is 23.1 Å². The molecule has 1 aromatic heterocycles. The van der Waals surface area contributed by atoms with E-state index in [0.29, 0.717) is 12.1 Å². The number of likely N-dealkylation sites (N-methyl/N-ethyl adjacent to an activating group) is 1. The van der Waals surface area contributed by atoms with Crippen LogP contribution in [0.15, 0.2) is 35.7 Å². The maximum atomic E-state index is 13.0. The van der Waals surface area contributed by atoms with E-state index in [9.17, 15) is 9.18 Å². The molecule has 1 aromatic carbocycles. The predicted octanol–water partition coefficient (Wildman–Crippen LogP) is 2.78. The van der Waals surface area contributed by atoms with Crippen molar-refractivity contribution in [2.24, 2.45) is 0 Å². The first-order chi connectivity index (χ1) is 9.08. The van der Waals surface area contributed by atoms with Gasteiger partial charge in [-0.2, -0.15) is 0 Å². The van der Waals surface area contributed by atoms with Crippen molar-refractivity contribution in [3.63, 3.8) is 0 Å². The molecule has 0 aliphatic carbocycles. The number of hydrogen-bond acceptors (Lipinski definition) is 3. The highest BCUT2D eigenvalue weighted by Crippen LogP contribution is 2.14. The molecule has 1 amide bonds. The van der Waals surface area contributed by atoms with E-state index in [2.05, 4.69) is 0 Å². The Morgan fingerprint density at radius 3 is 2.84 bits per heavy atom. The maximum absolute atomic E-state index is 13.0. The SMILES string of the molecule is CN(CCc1cccs1)C(=O)c1ccc(F)c(N)c1. The Kier molecular flexibility index (Phi) is 4.16. The highest BCUT2D eigenvalue weighted by Gasteiger charge is 2.13. The molecule has 2 rings (SSSR count). The molecule has 0 radical (unpaired) electrons. The average molecular weight is 278 g/mol. The zero-order valence-corrected chi connectivity index (χ0v) is 11.4. The normalized spacial score (nSPS) is 10.4. The molecule has 0 aliphatic heterocycles. The molecule has 0 bridgehead atoms. The molecule has 2 N–H and O–H groups in total. The van der Waals surface area contributed by atoms with Gasteiger partial charge in [0.1, 0.15) is 5.82 Å². The largest absolute Gasteiger partial charge is 0.396 e. The third-order valence-electron chi connectivity index (χ3n) is 2.86.